The van der Waals surface area contributed by atoms with Gasteiger partial charge in [0, 0.05) is 19.1 Å². The fourth-order valence-electron chi connectivity index (χ4n) is 4.11. The Labute approximate surface area is 155 Å². The van der Waals surface area contributed by atoms with Crippen LogP contribution in [-0.4, -0.2) is 18.1 Å². The van der Waals surface area contributed by atoms with E-state index in [1.807, 2.05) is 17.5 Å². The summed E-state index contributed by atoms with van der Waals surface area (Å²) < 4.78 is 0. The number of rotatable bonds is 2. The molecule has 4 rings (SSSR count). The highest BCUT2D eigenvalue weighted by Crippen LogP contribution is 2.37. The van der Waals surface area contributed by atoms with E-state index in [0.717, 1.165) is 31.1 Å². The van der Waals surface area contributed by atoms with Crippen molar-refractivity contribution in [2.45, 2.75) is 65.0 Å². The van der Waals surface area contributed by atoms with E-state index in [1.165, 1.54) is 29.0 Å². The summed E-state index contributed by atoms with van der Waals surface area (Å²) in [5.74, 6) is 0. The summed E-state index contributed by atoms with van der Waals surface area (Å²) in [6.07, 6.45) is 5.76. The minimum atomic E-state index is 0.186. The van der Waals surface area contributed by atoms with Crippen LogP contribution >= 0.6 is 11.3 Å². The lowest BCUT2D eigenvalue weighted by Gasteiger charge is -2.34. The van der Waals surface area contributed by atoms with E-state index in [0.29, 0.717) is 6.04 Å². The van der Waals surface area contributed by atoms with Gasteiger partial charge in [-0.1, -0.05) is 32.9 Å². The Balaban J connectivity index is 1.74. The van der Waals surface area contributed by atoms with Crippen LogP contribution in [0.25, 0.3) is 0 Å². The molecule has 0 bridgehead atoms. The van der Waals surface area contributed by atoms with Gasteiger partial charge < -0.3 is 10.2 Å². The van der Waals surface area contributed by atoms with E-state index < -0.39 is 0 Å². The van der Waals surface area contributed by atoms with Gasteiger partial charge >= 0.3 is 0 Å². The molecule has 1 N–H and O–H groups in total. The minimum absolute atomic E-state index is 0.186. The van der Waals surface area contributed by atoms with Crippen LogP contribution in [0.4, 0.5) is 5.00 Å². The molecule has 1 aromatic heterocycles. The van der Waals surface area contributed by atoms with Crippen LogP contribution < -0.4 is 10.2 Å². The van der Waals surface area contributed by atoms with E-state index in [1.54, 1.807) is 11.1 Å². The van der Waals surface area contributed by atoms with Gasteiger partial charge in [0.15, 0.2) is 0 Å². The lowest BCUT2D eigenvalue weighted by molar-refractivity contribution is 0.576. The molecule has 134 valence electrons. The van der Waals surface area contributed by atoms with Crippen LogP contribution in [0.2, 0.25) is 0 Å². The van der Waals surface area contributed by atoms with Gasteiger partial charge in [0.25, 0.3) is 0 Å². The summed E-state index contributed by atoms with van der Waals surface area (Å²) in [6, 6.07) is 5.51. The quantitative estimate of drug-likeness (QED) is 0.843. The standard InChI is InChI=1S/C21H29N3S/c1-14-23-12-20(25-14)24-9-7-17-15(13-24)10-16(21(2,3)4)11-18(17)19-6-5-8-22-19/h10-12,19,22H,5-9,13H2,1-4H3/t19-/m0/s1. The molecule has 0 aliphatic carbocycles. The fraction of sp³-hybridized carbons (Fsp3) is 0.571. The predicted octanol–water partition coefficient (Wildman–Crippen LogP) is 4.74. The second-order valence-corrected chi connectivity index (χ2v) is 9.70. The number of fused-ring (bicyclic) bond motifs is 1. The number of aryl methyl sites for hydroxylation is 1. The smallest absolute Gasteiger partial charge is 0.112 e. The van der Waals surface area contributed by atoms with Crippen LogP contribution in [0.5, 0.6) is 0 Å². The first-order chi connectivity index (χ1) is 11.9. The van der Waals surface area contributed by atoms with Crippen LogP contribution in [0.1, 0.15) is 66.9 Å². The molecule has 0 spiro atoms. The average molecular weight is 356 g/mol. The number of benzene rings is 1. The van der Waals surface area contributed by atoms with Gasteiger partial charge in [0.05, 0.1) is 11.2 Å². The van der Waals surface area contributed by atoms with Crippen LogP contribution in [0.3, 0.4) is 0 Å². The molecular weight excluding hydrogens is 326 g/mol. The molecular formula is C21H29N3S. The molecule has 1 atom stereocenters. The molecule has 25 heavy (non-hydrogen) atoms. The van der Waals surface area contributed by atoms with Gasteiger partial charge in [-0.2, -0.15) is 0 Å². The highest BCUT2D eigenvalue weighted by molar-refractivity contribution is 7.15. The third-order valence-electron chi connectivity index (χ3n) is 5.59. The molecule has 0 radical (unpaired) electrons. The first-order valence-corrected chi connectivity index (χ1v) is 10.3. The SMILES string of the molecule is Cc1ncc(N2CCc3c(cc(C(C)(C)C)cc3[C@@H]3CCCN3)C2)s1. The Morgan fingerprint density at radius 2 is 2.12 bits per heavy atom. The molecule has 1 fully saturated rings. The van der Waals surface area contributed by atoms with Crippen molar-refractivity contribution in [2.24, 2.45) is 0 Å². The maximum absolute atomic E-state index is 4.45. The summed E-state index contributed by atoms with van der Waals surface area (Å²) in [6.45, 7) is 12.3. The Kier molecular flexibility index (Phi) is 4.37. The summed E-state index contributed by atoms with van der Waals surface area (Å²) in [7, 11) is 0. The van der Waals surface area contributed by atoms with Crippen molar-refractivity contribution in [2.75, 3.05) is 18.0 Å². The van der Waals surface area contributed by atoms with Crippen molar-refractivity contribution < 1.29 is 0 Å². The topological polar surface area (TPSA) is 28.2 Å². The number of aromatic nitrogens is 1. The third kappa shape index (κ3) is 3.34. The normalized spacial score (nSPS) is 20.8. The van der Waals surface area contributed by atoms with Crippen LogP contribution in [0, 0.1) is 6.92 Å². The summed E-state index contributed by atoms with van der Waals surface area (Å²) in [4.78, 5) is 6.96. The van der Waals surface area contributed by atoms with E-state index >= 15 is 0 Å². The average Bonchev–Trinajstić information content (AvgIpc) is 3.24. The maximum atomic E-state index is 4.45. The second kappa shape index (κ2) is 6.40. The number of nitrogens with zero attached hydrogens (tertiary/aromatic N) is 2. The number of thiazole rings is 1. The lowest BCUT2D eigenvalue weighted by atomic mass is 9.80. The summed E-state index contributed by atoms with van der Waals surface area (Å²) in [5.41, 5.74) is 6.35. The van der Waals surface area contributed by atoms with Crippen molar-refractivity contribution in [1.82, 2.24) is 10.3 Å². The zero-order valence-electron chi connectivity index (χ0n) is 15.9. The molecule has 0 amide bonds. The van der Waals surface area contributed by atoms with Crippen molar-refractivity contribution in [3.63, 3.8) is 0 Å². The van der Waals surface area contributed by atoms with Gasteiger partial charge in [-0.3, -0.25) is 0 Å². The van der Waals surface area contributed by atoms with E-state index in [2.05, 4.69) is 55.0 Å². The molecule has 0 unspecified atom stereocenters. The van der Waals surface area contributed by atoms with Crippen molar-refractivity contribution in [3.8, 4) is 0 Å². The molecule has 4 heteroatoms. The first-order valence-electron chi connectivity index (χ1n) is 9.49. The van der Waals surface area contributed by atoms with Gasteiger partial charge in [0.2, 0.25) is 0 Å². The van der Waals surface area contributed by atoms with Crippen molar-refractivity contribution >= 4 is 16.3 Å². The van der Waals surface area contributed by atoms with Gasteiger partial charge in [-0.25, -0.2) is 4.98 Å². The number of hydrogen-bond acceptors (Lipinski definition) is 4. The maximum Gasteiger partial charge on any atom is 0.112 e. The van der Waals surface area contributed by atoms with Crippen LogP contribution in [-0.2, 0) is 18.4 Å². The molecule has 2 aliphatic rings. The van der Waals surface area contributed by atoms with Crippen LogP contribution in [0.15, 0.2) is 18.3 Å². The summed E-state index contributed by atoms with van der Waals surface area (Å²) in [5, 5.41) is 6.19. The molecule has 1 saturated heterocycles. The Hall–Kier alpha value is -1.39. The largest absolute Gasteiger partial charge is 0.357 e. The number of hydrogen-bond donors (Lipinski definition) is 1. The Morgan fingerprint density at radius 1 is 1.28 bits per heavy atom. The molecule has 0 saturated carbocycles. The van der Waals surface area contributed by atoms with Crippen molar-refractivity contribution in [1.29, 1.82) is 0 Å². The number of nitrogens with one attached hydrogen (secondary N) is 1. The van der Waals surface area contributed by atoms with Gasteiger partial charge in [0.1, 0.15) is 5.00 Å². The van der Waals surface area contributed by atoms with Gasteiger partial charge in [-0.05, 0) is 60.4 Å². The molecule has 3 heterocycles. The third-order valence-corrected chi connectivity index (χ3v) is 6.57. The monoisotopic (exact) mass is 355 g/mol. The second-order valence-electron chi connectivity index (χ2n) is 8.49. The Bertz CT molecular complexity index is 766. The van der Waals surface area contributed by atoms with E-state index in [9.17, 15) is 0 Å². The summed E-state index contributed by atoms with van der Waals surface area (Å²) >= 11 is 1.81. The molecule has 2 aromatic rings. The van der Waals surface area contributed by atoms with Gasteiger partial charge in [-0.15, -0.1) is 11.3 Å². The first kappa shape index (κ1) is 17.0. The zero-order chi connectivity index (χ0) is 17.6. The lowest BCUT2D eigenvalue weighted by Crippen LogP contribution is -2.32. The molecule has 1 aromatic carbocycles. The van der Waals surface area contributed by atoms with E-state index in [-0.39, 0.29) is 5.41 Å². The zero-order valence-corrected chi connectivity index (χ0v) is 16.7. The minimum Gasteiger partial charge on any atom is -0.357 e. The molecule has 2 aliphatic heterocycles. The highest BCUT2D eigenvalue weighted by atomic mass is 32.1. The predicted molar refractivity (Wildman–Crippen MR) is 107 cm³/mol. The number of anilines is 1. The fourth-order valence-corrected chi connectivity index (χ4v) is 4.91. The highest BCUT2D eigenvalue weighted by Gasteiger charge is 2.28. The van der Waals surface area contributed by atoms with Crippen molar-refractivity contribution in [3.05, 3.63) is 45.6 Å². The van der Waals surface area contributed by atoms with E-state index in [4.69, 9.17) is 0 Å². The Morgan fingerprint density at radius 3 is 2.76 bits per heavy atom. The molecule has 3 nitrogen and oxygen atoms in total.